The molecule has 0 aromatic heterocycles. The van der Waals surface area contributed by atoms with Crippen LogP contribution in [0.15, 0.2) is 45.3 Å². The van der Waals surface area contributed by atoms with Crippen molar-refractivity contribution in [3.05, 3.63) is 61.5 Å². The fraction of sp³-hybridized carbons (Fsp3) is 0.143. The Labute approximate surface area is 129 Å². The van der Waals surface area contributed by atoms with Crippen LogP contribution < -0.4 is 5.32 Å². The van der Waals surface area contributed by atoms with E-state index in [4.69, 9.17) is 11.6 Å². The van der Waals surface area contributed by atoms with Crippen LogP contribution >= 0.6 is 43.5 Å². The predicted octanol–water partition coefficient (Wildman–Crippen LogP) is 5.79. The molecule has 0 fully saturated rings. The first-order valence-electron chi connectivity index (χ1n) is 5.51. The summed E-state index contributed by atoms with van der Waals surface area (Å²) in [6, 6.07) is 12.0. The van der Waals surface area contributed by atoms with Crippen molar-refractivity contribution in [2.75, 3.05) is 5.32 Å². The molecule has 0 aliphatic rings. The molecule has 94 valence electrons. The molecule has 0 amide bonds. The lowest BCUT2D eigenvalue weighted by molar-refractivity contribution is 1.14. The van der Waals surface area contributed by atoms with Gasteiger partial charge in [0.05, 0.1) is 0 Å². The Kier molecular flexibility index (Phi) is 4.71. The van der Waals surface area contributed by atoms with E-state index in [9.17, 15) is 0 Å². The number of benzene rings is 2. The van der Waals surface area contributed by atoms with E-state index in [1.807, 2.05) is 30.3 Å². The van der Waals surface area contributed by atoms with Crippen LogP contribution in [0.2, 0.25) is 5.02 Å². The quantitative estimate of drug-likeness (QED) is 0.701. The van der Waals surface area contributed by atoms with Gasteiger partial charge in [-0.15, -0.1) is 0 Å². The van der Waals surface area contributed by atoms with E-state index < -0.39 is 0 Å². The molecule has 4 heteroatoms. The third-order valence-electron chi connectivity index (χ3n) is 2.75. The zero-order chi connectivity index (χ0) is 13.1. The molecule has 1 N–H and O–H groups in total. The number of anilines is 1. The summed E-state index contributed by atoms with van der Waals surface area (Å²) in [6.45, 7) is 2.79. The predicted molar refractivity (Wildman–Crippen MR) is 85.4 cm³/mol. The van der Waals surface area contributed by atoms with Gasteiger partial charge in [-0.25, -0.2) is 0 Å². The highest BCUT2D eigenvalue weighted by Crippen LogP contribution is 2.26. The van der Waals surface area contributed by atoms with Gasteiger partial charge in [-0.2, -0.15) is 0 Å². The molecule has 0 saturated carbocycles. The van der Waals surface area contributed by atoms with Crippen LogP contribution in [0, 0.1) is 6.92 Å². The minimum absolute atomic E-state index is 0.712. The van der Waals surface area contributed by atoms with Gasteiger partial charge in [0, 0.05) is 26.2 Å². The second-order valence-corrected chi connectivity index (χ2v) is 6.18. The van der Waals surface area contributed by atoms with Gasteiger partial charge in [0.1, 0.15) is 0 Å². The second kappa shape index (κ2) is 6.09. The average molecular weight is 390 g/mol. The van der Waals surface area contributed by atoms with Crippen molar-refractivity contribution in [1.82, 2.24) is 0 Å². The third kappa shape index (κ3) is 3.28. The SMILES string of the molecule is Cc1c(Br)cccc1NCc1ccc(Br)cc1Cl. The summed E-state index contributed by atoms with van der Waals surface area (Å²) in [5.74, 6) is 0. The van der Waals surface area contributed by atoms with Gasteiger partial charge in [0.25, 0.3) is 0 Å². The summed E-state index contributed by atoms with van der Waals surface area (Å²) in [7, 11) is 0. The van der Waals surface area contributed by atoms with Crippen LogP contribution in [0.1, 0.15) is 11.1 Å². The Bertz CT molecular complexity index is 570. The molecule has 0 heterocycles. The number of rotatable bonds is 3. The molecule has 0 aliphatic heterocycles. The van der Waals surface area contributed by atoms with E-state index in [0.29, 0.717) is 6.54 Å². The van der Waals surface area contributed by atoms with Gasteiger partial charge in [0.15, 0.2) is 0 Å². The minimum Gasteiger partial charge on any atom is -0.381 e. The molecule has 2 rings (SSSR count). The standard InChI is InChI=1S/C14H12Br2ClN/c1-9-12(16)3-2-4-14(9)18-8-10-5-6-11(15)7-13(10)17/h2-7,18H,8H2,1H3. The fourth-order valence-electron chi connectivity index (χ4n) is 1.65. The van der Waals surface area contributed by atoms with Crippen molar-refractivity contribution in [1.29, 1.82) is 0 Å². The van der Waals surface area contributed by atoms with Crippen LogP contribution in [0.25, 0.3) is 0 Å². The lowest BCUT2D eigenvalue weighted by Crippen LogP contribution is -2.01. The number of hydrogen-bond acceptors (Lipinski definition) is 1. The smallest absolute Gasteiger partial charge is 0.0467 e. The molecule has 0 aliphatic carbocycles. The highest BCUT2D eigenvalue weighted by Gasteiger charge is 2.04. The number of halogens is 3. The van der Waals surface area contributed by atoms with Crippen LogP contribution in [0.3, 0.4) is 0 Å². The van der Waals surface area contributed by atoms with Gasteiger partial charge in [-0.05, 0) is 42.3 Å². The summed E-state index contributed by atoms with van der Waals surface area (Å²) in [6.07, 6.45) is 0. The first kappa shape index (κ1) is 13.9. The zero-order valence-corrected chi connectivity index (χ0v) is 13.7. The Morgan fingerprint density at radius 3 is 2.67 bits per heavy atom. The average Bonchev–Trinajstić information content (AvgIpc) is 2.33. The fourth-order valence-corrected chi connectivity index (χ4v) is 2.76. The maximum atomic E-state index is 6.19. The molecule has 1 nitrogen and oxygen atoms in total. The monoisotopic (exact) mass is 387 g/mol. The van der Waals surface area contributed by atoms with Gasteiger partial charge >= 0.3 is 0 Å². The number of nitrogens with one attached hydrogen (secondary N) is 1. The van der Waals surface area contributed by atoms with Gasteiger partial charge in [-0.3, -0.25) is 0 Å². The first-order valence-corrected chi connectivity index (χ1v) is 7.47. The van der Waals surface area contributed by atoms with Crippen LogP contribution in [-0.4, -0.2) is 0 Å². The van der Waals surface area contributed by atoms with Crippen LogP contribution in [0.5, 0.6) is 0 Å². The van der Waals surface area contributed by atoms with E-state index >= 15 is 0 Å². The lowest BCUT2D eigenvalue weighted by Gasteiger charge is -2.12. The molecular formula is C14H12Br2ClN. The first-order chi connectivity index (χ1) is 8.58. The maximum Gasteiger partial charge on any atom is 0.0467 e. The molecule has 0 atom stereocenters. The van der Waals surface area contributed by atoms with Gasteiger partial charge in [-0.1, -0.05) is 55.6 Å². The Balaban J connectivity index is 2.14. The maximum absolute atomic E-state index is 6.19. The highest BCUT2D eigenvalue weighted by atomic mass is 79.9. The Morgan fingerprint density at radius 2 is 1.94 bits per heavy atom. The van der Waals surface area contributed by atoms with E-state index in [1.165, 1.54) is 5.56 Å². The molecule has 2 aromatic rings. The second-order valence-electron chi connectivity index (χ2n) is 4.00. The van der Waals surface area contributed by atoms with E-state index in [-0.39, 0.29) is 0 Å². The largest absolute Gasteiger partial charge is 0.381 e. The summed E-state index contributed by atoms with van der Waals surface area (Å²) in [4.78, 5) is 0. The molecule has 0 radical (unpaired) electrons. The van der Waals surface area contributed by atoms with Crippen molar-refractivity contribution in [3.63, 3.8) is 0 Å². The van der Waals surface area contributed by atoms with Crippen molar-refractivity contribution >= 4 is 49.1 Å². The normalized spacial score (nSPS) is 10.4. The molecule has 0 unspecified atom stereocenters. The van der Waals surface area contributed by atoms with Gasteiger partial charge in [0.2, 0.25) is 0 Å². The molecule has 18 heavy (non-hydrogen) atoms. The lowest BCUT2D eigenvalue weighted by atomic mass is 10.2. The molecule has 0 bridgehead atoms. The van der Waals surface area contributed by atoms with Crippen molar-refractivity contribution in [3.8, 4) is 0 Å². The summed E-state index contributed by atoms with van der Waals surface area (Å²) in [5, 5.41) is 4.17. The van der Waals surface area contributed by atoms with Gasteiger partial charge < -0.3 is 5.32 Å². The summed E-state index contributed by atoms with van der Waals surface area (Å²) < 4.78 is 2.10. The molecular weight excluding hydrogens is 377 g/mol. The minimum atomic E-state index is 0.712. The summed E-state index contributed by atoms with van der Waals surface area (Å²) in [5.41, 5.74) is 3.40. The van der Waals surface area contributed by atoms with E-state index in [2.05, 4.69) is 50.2 Å². The zero-order valence-electron chi connectivity index (χ0n) is 9.81. The molecule has 2 aromatic carbocycles. The van der Waals surface area contributed by atoms with Crippen LogP contribution in [0.4, 0.5) is 5.69 Å². The molecule has 0 spiro atoms. The van der Waals surface area contributed by atoms with E-state index in [1.54, 1.807) is 0 Å². The Hall–Kier alpha value is -0.510. The topological polar surface area (TPSA) is 12.0 Å². The number of hydrogen-bond donors (Lipinski definition) is 1. The van der Waals surface area contributed by atoms with Crippen molar-refractivity contribution in [2.24, 2.45) is 0 Å². The summed E-state index contributed by atoms with van der Waals surface area (Å²) >= 11 is 13.1. The highest BCUT2D eigenvalue weighted by molar-refractivity contribution is 9.10. The van der Waals surface area contributed by atoms with E-state index in [0.717, 1.165) is 25.2 Å². The molecule has 0 saturated heterocycles. The Morgan fingerprint density at radius 1 is 1.17 bits per heavy atom. The van der Waals surface area contributed by atoms with Crippen molar-refractivity contribution in [2.45, 2.75) is 13.5 Å². The van der Waals surface area contributed by atoms with Crippen LogP contribution in [-0.2, 0) is 6.54 Å². The third-order valence-corrected chi connectivity index (χ3v) is 4.46. The van der Waals surface area contributed by atoms with Crippen molar-refractivity contribution < 1.29 is 0 Å².